The van der Waals surface area contributed by atoms with E-state index >= 15 is 0 Å². The lowest BCUT2D eigenvalue weighted by molar-refractivity contribution is -0.122. The van der Waals surface area contributed by atoms with Crippen LogP contribution in [0.2, 0.25) is 10.0 Å². The molecule has 1 aromatic carbocycles. The summed E-state index contributed by atoms with van der Waals surface area (Å²) in [6.45, 7) is 5.39. The molecule has 1 atom stereocenters. The first kappa shape index (κ1) is 13.1. The minimum atomic E-state index is -0.796. The van der Waals surface area contributed by atoms with E-state index in [-0.39, 0.29) is 0 Å². The number of hydrogen-bond donors (Lipinski definition) is 1. The Labute approximate surface area is 105 Å². The molecule has 0 bridgehead atoms. The van der Waals surface area contributed by atoms with Gasteiger partial charge in [-0.05, 0) is 31.0 Å². The van der Waals surface area contributed by atoms with Crippen LogP contribution in [0.15, 0.2) is 30.9 Å². The number of hydrogen-bond acceptors (Lipinski definition) is 1. The van der Waals surface area contributed by atoms with Crippen LogP contribution in [0.1, 0.15) is 18.9 Å². The lowest BCUT2D eigenvalue weighted by Gasteiger charge is -2.25. The van der Waals surface area contributed by atoms with E-state index in [1.54, 1.807) is 31.2 Å². The number of carbonyl (C=O) groups excluding carboxylic acids is 1. The van der Waals surface area contributed by atoms with Gasteiger partial charge in [0.25, 0.3) is 0 Å². The van der Waals surface area contributed by atoms with Crippen LogP contribution in [0.3, 0.4) is 0 Å². The molecule has 16 heavy (non-hydrogen) atoms. The Hall–Kier alpha value is -0.990. The predicted octanol–water partition coefficient (Wildman–Crippen LogP) is 3.31. The van der Waals surface area contributed by atoms with Gasteiger partial charge in [-0.15, -0.1) is 6.58 Å². The first-order valence-corrected chi connectivity index (χ1v) is 5.53. The van der Waals surface area contributed by atoms with Crippen molar-refractivity contribution < 1.29 is 4.79 Å². The Bertz CT molecular complexity index is 431. The molecule has 2 N–H and O–H groups in total. The van der Waals surface area contributed by atoms with Crippen molar-refractivity contribution in [2.45, 2.75) is 18.8 Å². The molecule has 0 fully saturated rings. The van der Waals surface area contributed by atoms with Gasteiger partial charge in [-0.2, -0.15) is 0 Å². The molecule has 0 aliphatic carbocycles. The standard InChI is InChI=1S/C12H13Cl2NO/c1-3-6-12(2,11(15)16)8-4-5-9(13)10(14)7-8/h3-5,7H,1,6H2,2H3,(H2,15,16). The van der Waals surface area contributed by atoms with Crippen molar-refractivity contribution in [1.29, 1.82) is 0 Å². The first-order valence-electron chi connectivity index (χ1n) is 4.78. The van der Waals surface area contributed by atoms with Crippen LogP contribution >= 0.6 is 23.2 Å². The molecule has 86 valence electrons. The number of amides is 1. The van der Waals surface area contributed by atoms with Gasteiger partial charge >= 0.3 is 0 Å². The molecule has 1 rings (SSSR count). The summed E-state index contributed by atoms with van der Waals surface area (Å²) in [5, 5.41) is 0.867. The number of allylic oxidation sites excluding steroid dienone is 1. The topological polar surface area (TPSA) is 43.1 Å². The van der Waals surface area contributed by atoms with Crippen LogP contribution in [0.4, 0.5) is 0 Å². The summed E-state index contributed by atoms with van der Waals surface area (Å²) in [7, 11) is 0. The summed E-state index contributed by atoms with van der Waals surface area (Å²) < 4.78 is 0. The zero-order valence-corrected chi connectivity index (χ0v) is 10.5. The molecule has 0 saturated carbocycles. The summed E-state index contributed by atoms with van der Waals surface area (Å²) in [5.41, 5.74) is 5.36. The van der Waals surface area contributed by atoms with Gasteiger partial charge in [0.1, 0.15) is 0 Å². The number of nitrogens with two attached hydrogens (primary N) is 1. The summed E-state index contributed by atoms with van der Waals surface area (Å²) in [6, 6.07) is 5.07. The van der Waals surface area contributed by atoms with E-state index in [0.29, 0.717) is 16.5 Å². The Morgan fingerprint density at radius 1 is 1.50 bits per heavy atom. The second kappa shape index (κ2) is 4.89. The van der Waals surface area contributed by atoms with Gasteiger partial charge in [0.2, 0.25) is 5.91 Å². The van der Waals surface area contributed by atoms with E-state index in [1.807, 2.05) is 0 Å². The molecule has 0 spiro atoms. The lowest BCUT2D eigenvalue weighted by atomic mass is 9.79. The Morgan fingerprint density at radius 2 is 2.12 bits per heavy atom. The van der Waals surface area contributed by atoms with Crippen LogP contribution < -0.4 is 5.73 Å². The third-order valence-corrected chi connectivity index (χ3v) is 3.39. The van der Waals surface area contributed by atoms with Crippen LogP contribution in [-0.4, -0.2) is 5.91 Å². The molecule has 0 aliphatic heterocycles. The fourth-order valence-electron chi connectivity index (χ4n) is 1.49. The van der Waals surface area contributed by atoms with E-state index in [1.165, 1.54) is 0 Å². The fourth-order valence-corrected chi connectivity index (χ4v) is 1.79. The Kier molecular flexibility index (Phi) is 4.00. The van der Waals surface area contributed by atoms with Crippen molar-refractivity contribution in [3.63, 3.8) is 0 Å². The Balaban J connectivity index is 3.26. The summed E-state index contributed by atoms with van der Waals surface area (Å²) in [4.78, 5) is 11.5. The molecule has 1 unspecified atom stereocenters. The number of rotatable bonds is 4. The molecule has 0 heterocycles. The number of carbonyl (C=O) groups is 1. The number of primary amides is 1. The van der Waals surface area contributed by atoms with Gasteiger partial charge in [-0.1, -0.05) is 35.3 Å². The summed E-state index contributed by atoms with van der Waals surface area (Å²) >= 11 is 11.7. The largest absolute Gasteiger partial charge is 0.369 e. The Morgan fingerprint density at radius 3 is 2.56 bits per heavy atom. The predicted molar refractivity (Wildman–Crippen MR) is 67.8 cm³/mol. The van der Waals surface area contributed by atoms with E-state index in [9.17, 15) is 4.79 Å². The van der Waals surface area contributed by atoms with Crippen molar-refractivity contribution >= 4 is 29.1 Å². The average Bonchev–Trinajstić information content (AvgIpc) is 2.22. The van der Waals surface area contributed by atoms with E-state index in [4.69, 9.17) is 28.9 Å². The normalized spacial score (nSPS) is 14.2. The second-order valence-corrected chi connectivity index (χ2v) is 4.63. The molecule has 0 saturated heterocycles. The maximum atomic E-state index is 11.5. The minimum absolute atomic E-state index is 0.411. The SMILES string of the molecule is C=CCC(C)(C(N)=O)c1ccc(Cl)c(Cl)c1. The highest BCUT2D eigenvalue weighted by molar-refractivity contribution is 6.42. The zero-order chi connectivity index (χ0) is 12.3. The van der Waals surface area contributed by atoms with Gasteiger partial charge < -0.3 is 5.73 Å². The number of halogens is 2. The highest BCUT2D eigenvalue weighted by Crippen LogP contribution is 2.32. The van der Waals surface area contributed by atoms with E-state index < -0.39 is 11.3 Å². The van der Waals surface area contributed by atoms with Crippen molar-refractivity contribution in [3.05, 3.63) is 46.5 Å². The van der Waals surface area contributed by atoms with Crippen molar-refractivity contribution in [2.75, 3.05) is 0 Å². The van der Waals surface area contributed by atoms with Crippen molar-refractivity contribution in [3.8, 4) is 0 Å². The minimum Gasteiger partial charge on any atom is -0.369 e. The average molecular weight is 258 g/mol. The molecular formula is C12H13Cl2NO. The zero-order valence-electron chi connectivity index (χ0n) is 8.97. The number of benzene rings is 1. The van der Waals surface area contributed by atoms with Gasteiger partial charge in [0.05, 0.1) is 15.5 Å². The quantitative estimate of drug-likeness (QED) is 0.827. The highest BCUT2D eigenvalue weighted by Gasteiger charge is 2.32. The molecule has 1 aromatic rings. The monoisotopic (exact) mass is 257 g/mol. The van der Waals surface area contributed by atoms with Crippen LogP contribution in [-0.2, 0) is 10.2 Å². The van der Waals surface area contributed by atoms with Crippen LogP contribution in [0.25, 0.3) is 0 Å². The maximum Gasteiger partial charge on any atom is 0.228 e. The molecule has 0 radical (unpaired) electrons. The van der Waals surface area contributed by atoms with Crippen molar-refractivity contribution in [2.24, 2.45) is 5.73 Å². The fraction of sp³-hybridized carbons (Fsp3) is 0.250. The van der Waals surface area contributed by atoms with E-state index in [0.717, 1.165) is 5.56 Å². The molecule has 2 nitrogen and oxygen atoms in total. The van der Waals surface area contributed by atoms with Crippen molar-refractivity contribution in [1.82, 2.24) is 0 Å². The van der Waals surface area contributed by atoms with Gasteiger partial charge in [-0.25, -0.2) is 0 Å². The molecule has 0 aromatic heterocycles. The van der Waals surface area contributed by atoms with Gasteiger partial charge in [-0.3, -0.25) is 4.79 Å². The smallest absolute Gasteiger partial charge is 0.228 e. The molecule has 4 heteroatoms. The maximum absolute atomic E-state index is 11.5. The highest BCUT2D eigenvalue weighted by atomic mass is 35.5. The van der Waals surface area contributed by atoms with Gasteiger partial charge in [0, 0.05) is 0 Å². The third-order valence-electron chi connectivity index (χ3n) is 2.65. The second-order valence-electron chi connectivity index (χ2n) is 3.82. The first-order chi connectivity index (χ1) is 7.41. The molecule has 1 amide bonds. The van der Waals surface area contributed by atoms with Crippen LogP contribution in [0.5, 0.6) is 0 Å². The molecule has 0 aliphatic rings. The van der Waals surface area contributed by atoms with E-state index in [2.05, 4.69) is 6.58 Å². The van der Waals surface area contributed by atoms with Gasteiger partial charge in [0.15, 0.2) is 0 Å². The third kappa shape index (κ3) is 2.39. The lowest BCUT2D eigenvalue weighted by Crippen LogP contribution is -2.38. The van der Waals surface area contributed by atoms with Crippen LogP contribution in [0, 0.1) is 0 Å². The summed E-state index contributed by atoms with van der Waals surface area (Å²) in [6.07, 6.45) is 2.12. The molecular weight excluding hydrogens is 245 g/mol. The summed E-state index contributed by atoms with van der Waals surface area (Å²) in [5.74, 6) is -0.411.